The highest BCUT2D eigenvalue weighted by molar-refractivity contribution is 6.33. The maximum atomic E-state index is 14.1. The van der Waals surface area contributed by atoms with Gasteiger partial charge in [0.25, 0.3) is 5.91 Å². The van der Waals surface area contributed by atoms with Gasteiger partial charge in [-0.05, 0) is 85.5 Å². The summed E-state index contributed by atoms with van der Waals surface area (Å²) >= 11 is 6.87. The summed E-state index contributed by atoms with van der Waals surface area (Å²) in [4.78, 5) is 38.7. The monoisotopic (exact) mass is 648 g/mol. The summed E-state index contributed by atoms with van der Waals surface area (Å²) in [5, 5.41) is 28.0. The first-order valence-corrected chi connectivity index (χ1v) is 16.4. The summed E-state index contributed by atoms with van der Waals surface area (Å²) in [6, 6.07) is 19.3. The van der Waals surface area contributed by atoms with Gasteiger partial charge in [0.15, 0.2) is 0 Å². The van der Waals surface area contributed by atoms with Crippen LogP contribution in [0.2, 0.25) is 5.02 Å². The minimum atomic E-state index is -1.41. The van der Waals surface area contributed by atoms with Crippen LogP contribution in [0.15, 0.2) is 60.7 Å². The Morgan fingerprint density at radius 2 is 1.87 bits per heavy atom. The average molecular weight is 649 g/mol. The van der Waals surface area contributed by atoms with Crippen molar-refractivity contribution in [1.29, 1.82) is 0 Å². The number of aliphatic hydroxyl groups is 1. The van der Waals surface area contributed by atoms with Crippen LogP contribution < -0.4 is 16.4 Å². The number of piperidine rings is 1. The molecule has 246 valence electrons. The Labute approximate surface area is 276 Å². The molecule has 46 heavy (non-hydrogen) atoms. The Bertz CT molecular complexity index is 1550. The summed E-state index contributed by atoms with van der Waals surface area (Å²) in [6.07, 6.45) is 2.22. The molecule has 1 saturated heterocycles. The van der Waals surface area contributed by atoms with Gasteiger partial charge in [-0.15, -0.1) is 0 Å². The van der Waals surface area contributed by atoms with Crippen LogP contribution >= 0.6 is 11.6 Å². The molecule has 1 unspecified atom stereocenters. The third-order valence-electron chi connectivity index (χ3n) is 8.92. The summed E-state index contributed by atoms with van der Waals surface area (Å²) in [5.41, 5.74) is 9.78. The van der Waals surface area contributed by atoms with Crippen molar-refractivity contribution in [1.82, 2.24) is 15.5 Å². The maximum Gasteiger partial charge on any atom is 0.404 e. The number of nitrogens with two attached hydrogens (primary N) is 1. The first-order valence-electron chi connectivity index (χ1n) is 16.0. The quantitative estimate of drug-likeness (QED) is 0.146. The molecule has 1 heterocycles. The van der Waals surface area contributed by atoms with Crippen LogP contribution in [0.5, 0.6) is 0 Å². The van der Waals surface area contributed by atoms with Gasteiger partial charge in [0, 0.05) is 54.7 Å². The van der Waals surface area contributed by atoms with Crippen LogP contribution in [-0.2, 0) is 29.8 Å². The lowest BCUT2D eigenvalue weighted by Crippen LogP contribution is -2.48. The Balaban J connectivity index is 1.72. The molecule has 0 radical (unpaired) electrons. The second-order valence-corrected chi connectivity index (χ2v) is 12.5. The number of carboxylic acid groups (broad SMARTS) is 1. The predicted octanol–water partition coefficient (Wildman–Crippen LogP) is 5.49. The number of hydrogen-bond donors (Lipinski definition) is 5. The van der Waals surface area contributed by atoms with Crippen LogP contribution in [0.3, 0.4) is 0 Å². The normalized spacial score (nSPS) is 16.1. The van der Waals surface area contributed by atoms with Crippen molar-refractivity contribution < 1.29 is 24.6 Å². The number of aryl methyl sites for hydroxylation is 2. The van der Waals surface area contributed by atoms with Crippen molar-refractivity contribution in [3.05, 3.63) is 93.5 Å². The first-order chi connectivity index (χ1) is 22.1. The molecule has 1 fully saturated rings. The van der Waals surface area contributed by atoms with Crippen molar-refractivity contribution in [2.45, 2.75) is 64.0 Å². The van der Waals surface area contributed by atoms with E-state index in [4.69, 9.17) is 22.4 Å². The molecule has 0 spiro atoms. The van der Waals surface area contributed by atoms with E-state index in [0.29, 0.717) is 61.5 Å². The lowest BCUT2D eigenvalue weighted by molar-refractivity contribution is -0.118. The number of hydrogen-bond acceptors (Lipinski definition) is 5. The van der Waals surface area contributed by atoms with E-state index in [1.54, 1.807) is 4.90 Å². The highest BCUT2D eigenvalue weighted by Crippen LogP contribution is 2.46. The van der Waals surface area contributed by atoms with E-state index in [0.717, 1.165) is 34.2 Å². The minimum absolute atomic E-state index is 0.132. The number of primary amides is 1. The zero-order chi connectivity index (χ0) is 33.3. The van der Waals surface area contributed by atoms with Crippen molar-refractivity contribution in [2.75, 3.05) is 26.7 Å². The van der Waals surface area contributed by atoms with Gasteiger partial charge < -0.3 is 31.5 Å². The van der Waals surface area contributed by atoms with Gasteiger partial charge in [0.2, 0.25) is 5.91 Å². The highest BCUT2D eigenvalue weighted by Gasteiger charge is 2.43. The topological polar surface area (TPSA) is 145 Å². The number of halogens is 1. The third-order valence-corrected chi connectivity index (χ3v) is 9.24. The van der Waals surface area contributed by atoms with Gasteiger partial charge in [0.05, 0.1) is 5.60 Å². The molecule has 3 aromatic carbocycles. The molecule has 0 saturated carbocycles. The Morgan fingerprint density at radius 3 is 2.59 bits per heavy atom. The molecular formula is C36H45ClN4O5. The van der Waals surface area contributed by atoms with Crippen molar-refractivity contribution >= 4 is 29.5 Å². The van der Waals surface area contributed by atoms with E-state index in [1.807, 2.05) is 55.6 Å². The number of amides is 3. The van der Waals surface area contributed by atoms with Gasteiger partial charge in [-0.3, -0.25) is 9.59 Å². The minimum Gasteiger partial charge on any atom is -0.465 e. The van der Waals surface area contributed by atoms with Crippen molar-refractivity contribution in [2.24, 2.45) is 11.7 Å². The second kappa shape index (κ2) is 16.1. The van der Waals surface area contributed by atoms with Crippen molar-refractivity contribution in [3.8, 4) is 11.1 Å². The maximum absolute atomic E-state index is 14.1. The standard InChI is InChI=1S/C36H45ClN4O5/c1-3-24-8-4-9-27(20-24)33-30(11-5-12-31(33)37)36(46,17-7-18-40-35(44)45)28-10-6-19-41(23-28)34(43)29-15-13-25(22-39-2)21-26(29)14-16-32(38)42/h4-5,8-9,11-13,15,20-21,28,39-40,46H,3,6-7,10,14,16-19,22-23H2,1-2H3,(H2,38,42)(H,44,45)/t28-,36?/m1/s1. The SMILES string of the molecule is CCc1cccc(-c2c(Cl)cccc2C(O)(CCCNC(=O)O)[C@@H]2CCCN(C(=O)c3ccc(CNC)cc3CCC(N)=O)C2)c1. The lowest BCUT2D eigenvalue weighted by atomic mass is 9.72. The number of carbonyl (C=O) groups excluding carboxylic acids is 2. The van der Waals surface area contributed by atoms with Gasteiger partial charge in [0.1, 0.15) is 0 Å². The molecule has 6 N–H and O–H groups in total. The smallest absolute Gasteiger partial charge is 0.404 e. The number of likely N-dealkylation sites (tertiary alicyclic amines) is 1. The Kier molecular flexibility index (Phi) is 12.2. The number of benzene rings is 3. The molecule has 4 rings (SSSR count). The molecule has 1 aliphatic heterocycles. The van der Waals surface area contributed by atoms with Gasteiger partial charge >= 0.3 is 6.09 Å². The molecule has 3 aromatic rings. The molecule has 9 nitrogen and oxygen atoms in total. The molecule has 0 aromatic heterocycles. The van der Waals surface area contributed by atoms with E-state index >= 15 is 0 Å². The van der Waals surface area contributed by atoms with Gasteiger partial charge in [-0.25, -0.2) is 4.79 Å². The highest BCUT2D eigenvalue weighted by atomic mass is 35.5. The average Bonchev–Trinajstić information content (AvgIpc) is 3.05. The van der Waals surface area contributed by atoms with Crippen LogP contribution in [0.25, 0.3) is 11.1 Å². The number of carbonyl (C=O) groups is 3. The third kappa shape index (κ3) is 8.46. The molecule has 0 aliphatic carbocycles. The molecule has 10 heteroatoms. The molecule has 0 bridgehead atoms. The van der Waals surface area contributed by atoms with E-state index in [1.165, 1.54) is 0 Å². The van der Waals surface area contributed by atoms with E-state index in [2.05, 4.69) is 29.7 Å². The zero-order valence-corrected chi connectivity index (χ0v) is 27.4. The molecule has 2 atom stereocenters. The summed E-state index contributed by atoms with van der Waals surface area (Å²) in [5.74, 6) is -0.934. The largest absolute Gasteiger partial charge is 0.465 e. The number of nitrogens with one attached hydrogen (secondary N) is 2. The van der Waals surface area contributed by atoms with Gasteiger partial charge in [-0.2, -0.15) is 0 Å². The molecule has 1 aliphatic rings. The van der Waals surface area contributed by atoms with E-state index < -0.39 is 17.6 Å². The Hall–Kier alpha value is -3.92. The fourth-order valence-corrected chi connectivity index (χ4v) is 6.88. The number of rotatable bonds is 14. The van der Waals surface area contributed by atoms with Crippen LogP contribution in [0.1, 0.15) is 71.6 Å². The summed E-state index contributed by atoms with van der Waals surface area (Å²) in [6.45, 7) is 3.71. The van der Waals surface area contributed by atoms with E-state index in [9.17, 15) is 19.5 Å². The van der Waals surface area contributed by atoms with E-state index in [-0.39, 0.29) is 31.2 Å². The van der Waals surface area contributed by atoms with Gasteiger partial charge in [-0.1, -0.05) is 67.1 Å². The van der Waals surface area contributed by atoms with Crippen LogP contribution in [-0.4, -0.2) is 59.7 Å². The molecular weight excluding hydrogens is 604 g/mol. The van der Waals surface area contributed by atoms with Crippen molar-refractivity contribution in [3.63, 3.8) is 0 Å². The van der Waals surface area contributed by atoms with Crippen LogP contribution in [0, 0.1) is 5.92 Å². The zero-order valence-electron chi connectivity index (χ0n) is 26.7. The Morgan fingerprint density at radius 1 is 1.09 bits per heavy atom. The predicted molar refractivity (Wildman–Crippen MR) is 181 cm³/mol. The first kappa shape index (κ1) is 34.9. The second-order valence-electron chi connectivity index (χ2n) is 12.1. The summed E-state index contributed by atoms with van der Waals surface area (Å²) < 4.78 is 0. The lowest BCUT2D eigenvalue weighted by Gasteiger charge is -2.44. The fourth-order valence-electron chi connectivity index (χ4n) is 6.59. The molecule has 3 amide bonds. The fraction of sp³-hybridized carbons (Fsp3) is 0.417. The number of nitrogens with zero attached hydrogens (tertiary/aromatic N) is 1. The van der Waals surface area contributed by atoms with Crippen LogP contribution in [0.4, 0.5) is 4.79 Å². The summed E-state index contributed by atoms with van der Waals surface area (Å²) in [7, 11) is 1.85.